The van der Waals surface area contributed by atoms with Gasteiger partial charge in [-0.1, -0.05) is 149 Å². The molecule has 0 radical (unpaired) electrons. The Hall–Kier alpha value is -4.71. The fourth-order valence-corrected chi connectivity index (χ4v) is 12.5. The second-order valence-corrected chi connectivity index (χ2v) is 22.4. The maximum absolute atomic E-state index is 2.64. The van der Waals surface area contributed by atoms with Gasteiger partial charge in [0, 0.05) is 58.5 Å². The van der Waals surface area contributed by atoms with Crippen molar-refractivity contribution in [1.29, 1.82) is 0 Å². The van der Waals surface area contributed by atoms with Crippen LogP contribution in [0, 0.1) is 0 Å². The van der Waals surface area contributed by atoms with Crippen LogP contribution in [0.3, 0.4) is 0 Å². The lowest BCUT2D eigenvalue weighted by Gasteiger charge is -2.44. The van der Waals surface area contributed by atoms with E-state index >= 15 is 0 Å². The third kappa shape index (κ3) is 5.59. The maximum atomic E-state index is 2.64. The van der Waals surface area contributed by atoms with Crippen molar-refractivity contribution < 1.29 is 0 Å². The van der Waals surface area contributed by atoms with Crippen molar-refractivity contribution in [2.24, 2.45) is 0 Å². The smallest absolute Gasteiger partial charge is 0.264 e. The second-order valence-electron chi connectivity index (χ2n) is 20.3. The molecule has 0 unspecified atom stereocenters. The van der Waals surface area contributed by atoms with E-state index in [2.05, 4.69) is 207 Å². The number of anilines is 6. The number of rotatable bonds is 2. The summed E-state index contributed by atoms with van der Waals surface area (Å²) in [7, 11) is 0. The van der Waals surface area contributed by atoms with Gasteiger partial charge >= 0.3 is 0 Å². The third-order valence-corrected chi connectivity index (χ3v) is 15.3. The minimum Gasteiger partial charge on any atom is -0.311 e. The van der Waals surface area contributed by atoms with E-state index in [0.717, 1.165) is 0 Å². The van der Waals surface area contributed by atoms with Crippen LogP contribution in [0.15, 0.2) is 131 Å². The first-order chi connectivity index (χ1) is 27.4. The van der Waals surface area contributed by atoms with Gasteiger partial charge < -0.3 is 9.80 Å². The van der Waals surface area contributed by atoms with E-state index in [1.807, 2.05) is 23.1 Å². The number of benzene rings is 6. The molecular formula is C53H53BN2S2. The van der Waals surface area contributed by atoms with Crippen LogP contribution >= 0.6 is 23.1 Å². The Balaban J connectivity index is 1.30. The lowest BCUT2D eigenvalue weighted by Crippen LogP contribution is -2.60. The molecule has 0 saturated carbocycles. The molecule has 1 aromatic heterocycles. The summed E-state index contributed by atoms with van der Waals surface area (Å²) in [5, 5.41) is 1.40. The Morgan fingerprint density at radius 1 is 0.534 bits per heavy atom. The summed E-state index contributed by atoms with van der Waals surface area (Å²) in [5.74, 6) is 0. The monoisotopic (exact) mass is 792 g/mol. The van der Waals surface area contributed by atoms with Crippen molar-refractivity contribution in [2.75, 3.05) is 9.80 Å². The third-order valence-electron chi connectivity index (χ3n) is 13.0. The van der Waals surface area contributed by atoms with Crippen LogP contribution in [0.25, 0.3) is 10.1 Å². The Morgan fingerprint density at radius 3 is 1.72 bits per heavy atom. The highest BCUT2D eigenvalue weighted by atomic mass is 32.2. The number of nitrogens with zero attached hydrogens (tertiary/aromatic N) is 2. The summed E-state index contributed by atoms with van der Waals surface area (Å²) in [6.07, 6.45) is 0. The molecule has 3 aliphatic heterocycles. The Kier molecular flexibility index (Phi) is 8.19. The predicted octanol–water partition coefficient (Wildman–Crippen LogP) is 13.7. The Morgan fingerprint density at radius 2 is 1.10 bits per heavy atom. The number of hydrogen-bond donors (Lipinski definition) is 0. The molecule has 58 heavy (non-hydrogen) atoms. The molecule has 3 aliphatic rings. The van der Waals surface area contributed by atoms with Gasteiger partial charge in [0.15, 0.2) is 0 Å². The van der Waals surface area contributed by atoms with Gasteiger partial charge in [-0.3, -0.25) is 0 Å². The molecule has 6 aromatic carbocycles. The van der Waals surface area contributed by atoms with Crippen molar-refractivity contribution in [2.45, 2.75) is 108 Å². The fraction of sp³-hybridized carbons (Fsp3) is 0.283. The zero-order valence-corrected chi connectivity index (χ0v) is 37.5. The van der Waals surface area contributed by atoms with Crippen molar-refractivity contribution in [3.63, 3.8) is 0 Å². The van der Waals surface area contributed by atoms with Crippen LogP contribution < -0.4 is 25.5 Å². The normalized spacial score (nSPS) is 15.5. The zero-order valence-electron chi connectivity index (χ0n) is 35.8. The first-order valence-electron chi connectivity index (χ1n) is 20.9. The molecule has 0 N–H and O–H groups in total. The quantitative estimate of drug-likeness (QED) is 0.161. The molecule has 0 spiro atoms. The van der Waals surface area contributed by atoms with Crippen LogP contribution in [-0.4, -0.2) is 6.71 Å². The van der Waals surface area contributed by atoms with Crippen LogP contribution in [0.4, 0.5) is 34.1 Å². The largest absolute Gasteiger partial charge is 0.311 e. The molecule has 10 rings (SSSR count). The number of thiophene rings is 1. The highest BCUT2D eigenvalue weighted by Crippen LogP contribution is 2.56. The molecule has 290 valence electrons. The van der Waals surface area contributed by atoms with Gasteiger partial charge in [0.25, 0.3) is 6.71 Å². The lowest BCUT2D eigenvalue weighted by molar-refractivity contribution is 0.590. The average molecular weight is 793 g/mol. The summed E-state index contributed by atoms with van der Waals surface area (Å²) in [4.78, 5) is 7.90. The molecule has 4 heterocycles. The SMILES string of the molecule is CC(C)(C)c1ccc(N2c3ccc(C(C)(C)C)cc3B3c4sc5ccc6c(c5c4N(c4ccc(C(C)(C)C)cc4)c4cccc2c43)C(C)(C)c2ccccc2S6)cc1. The van der Waals surface area contributed by atoms with Crippen LogP contribution in [0.1, 0.15) is 104 Å². The standard InChI is InChI=1S/C53H53BN2S2/c1-50(2,3)32-19-24-35(25-20-32)55-39-28-23-34(52(7,8)9)31-38(39)54-47-40(55)16-14-17-41(47)56(36-26-21-33(22-27-36)51(4,5)6)48-45-43(58-49(48)54)29-30-44-46(45)53(10,11)37-15-12-13-18-42(37)57-44/h12-31H,1-11H3. The zero-order chi connectivity index (χ0) is 40.7. The van der Waals surface area contributed by atoms with Gasteiger partial charge in [0.05, 0.1) is 5.69 Å². The summed E-state index contributed by atoms with van der Waals surface area (Å²) in [6.45, 7) is 25.8. The van der Waals surface area contributed by atoms with E-state index in [9.17, 15) is 0 Å². The Labute approximate surface area is 354 Å². The fourth-order valence-electron chi connectivity index (χ4n) is 9.75. The van der Waals surface area contributed by atoms with Crippen molar-refractivity contribution in [1.82, 2.24) is 0 Å². The van der Waals surface area contributed by atoms with Crippen molar-refractivity contribution in [3.05, 3.63) is 149 Å². The molecule has 0 fully saturated rings. The number of fused-ring (bicyclic) bond motifs is 9. The topological polar surface area (TPSA) is 6.48 Å². The highest BCUT2D eigenvalue weighted by molar-refractivity contribution is 7.99. The minimum absolute atomic E-state index is 0.000217. The van der Waals surface area contributed by atoms with Crippen LogP contribution in [-0.2, 0) is 21.7 Å². The van der Waals surface area contributed by atoms with E-state index in [0.29, 0.717) is 0 Å². The van der Waals surface area contributed by atoms with E-state index in [1.165, 1.54) is 97.5 Å². The van der Waals surface area contributed by atoms with E-state index < -0.39 is 0 Å². The molecule has 7 aromatic rings. The molecule has 0 amide bonds. The van der Waals surface area contributed by atoms with Gasteiger partial charge in [-0.15, -0.1) is 11.3 Å². The van der Waals surface area contributed by atoms with Gasteiger partial charge in [0.2, 0.25) is 0 Å². The van der Waals surface area contributed by atoms with E-state index in [4.69, 9.17) is 0 Å². The minimum atomic E-state index is -0.185. The highest BCUT2D eigenvalue weighted by Gasteiger charge is 2.47. The maximum Gasteiger partial charge on any atom is 0.264 e. The average Bonchev–Trinajstić information content (AvgIpc) is 3.55. The van der Waals surface area contributed by atoms with Gasteiger partial charge in [0.1, 0.15) is 0 Å². The second kappa shape index (κ2) is 12.6. The summed E-state index contributed by atoms with van der Waals surface area (Å²) in [6, 6.07) is 47.0. The van der Waals surface area contributed by atoms with Gasteiger partial charge in [-0.05, 0) is 116 Å². The van der Waals surface area contributed by atoms with Crippen molar-refractivity contribution in [3.8, 4) is 0 Å². The predicted molar refractivity (Wildman–Crippen MR) is 255 cm³/mol. The summed E-state index contributed by atoms with van der Waals surface area (Å²) in [5.41, 5.74) is 17.2. The first kappa shape index (κ1) is 37.6. The molecular weight excluding hydrogens is 740 g/mol. The van der Waals surface area contributed by atoms with Crippen LogP contribution in [0.5, 0.6) is 0 Å². The van der Waals surface area contributed by atoms with Crippen LogP contribution in [0.2, 0.25) is 0 Å². The number of hydrogen-bond acceptors (Lipinski definition) is 4. The Bertz CT molecular complexity index is 2790. The van der Waals surface area contributed by atoms with E-state index in [1.54, 1.807) is 0 Å². The summed E-state index contributed by atoms with van der Waals surface area (Å²) < 4.78 is 2.79. The molecule has 0 atom stereocenters. The molecule has 0 saturated heterocycles. The van der Waals surface area contributed by atoms with Gasteiger partial charge in [-0.25, -0.2) is 0 Å². The molecule has 5 heteroatoms. The molecule has 2 nitrogen and oxygen atoms in total. The summed E-state index contributed by atoms with van der Waals surface area (Å²) >= 11 is 3.94. The molecule has 0 bridgehead atoms. The first-order valence-corrected chi connectivity index (χ1v) is 22.5. The van der Waals surface area contributed by atoms with E-state index in [-0.39, 0.29) is 28.4 Å². The van der Waals surface area contributed by atoms with Gasteiger partial charge in [-0.2, -0.15) is 0 Å². The van der Waals surface area contributed by atoms with Crippen molar-refractivity contribution >= 4 is 89.7 Å². The lowest BCUT2D eigenvalue weighted by atomic mass is 9.36. The molecule has 0 aliphatic carbocycles.